The molecule has 0 saturated carbocycles. The summed E-state index contributed by atoms with van der Waals surface area (Å²) in [5, 5.41) is 0. The first-order valence-corrected chi connectivity index (χ1v) is 52.6. The van der Waals surface area contributed by atoms with Gasteiger partial charge in [0.2, 0.25) is 0 Å². The van der Waals surface area contributed by atoms with Crippen LogP contribution in [0, 0.1) is 0 Å². The lowest BCUT2D eigenvalue weighted by Crippen LogP contribution is -3.00. The molecule has 0 heterocycles. The van der Waals surface area contributed by atoms with Crippen molar-refractivity contribution in [3.63, 3.8) is 0 Å². The van der Waals surface area contributed by atoms with Crippen LogP contribution in [0.5, 0.6) is 0 Å². The van der Waals surface area contributed by atoms with Crippen LogP contribution < -0.4 is 0 Å². The Balaban J connectivity index is 10.9. The second kappa shape index (κ2) is 23.6. The van der Waals surface area contributed by atoms with Crippen LogP contribution in [0.4, 0.5) is 0 Å². The largest absolute Gasteiger partial charge is 0.0656 e. The van der Waals surface area contributed by atoms with Gasteiger partial charge in [-0.25, -0.2) is 0 Å². The van der Waals surface area contributed by atoms with Gasteiger partial charge in [0.1, 0.15) is 0 Å². The summed E-state index contributed by atoms with van der Waals surface area (Å²) in [6.45, 7) is 91.8. The van der Waals surface area contributed by atoms with Gasteiger partial charge in [-0.1, -0.05) is 310 Å². The summed E-state index contributed by atoms with van der Waals surface area (Å²) in [6, 6.07) is 0. The molecule has 58 heavy (non-hydrogen) atoms. The Morgan fingerprint density at radius 1 is 0.190 bits per heavy atom. The van der Waals surface area contributed by atoms with Crippen molar-refractivity contribution in [2.24, 2.45) is 0 Å². The molecular weight excluding hydrogens is 857 g/mol. The van der Waals surface area contributed by atoms with E-state index in [1.165, 1.54) is 0 Å². The van der Waals surface area contributed by atoms with Crippen LogP contribution in [0.1, 0.15) is 222 Å². The molecule has 0 rings (SSSR count). The average molecular weight is 970 g/mol. The van der Waals surface area contributed by atoms with Gasteiger partial charge in [0, 0.05) is 76.4 Å². The zero-order valence-electron chi connectivity index (χ0n) is 46.2. The SMILES string of the molecule is CC(C)[Si](C(C)C)[Si]([Si](C(C)C)C(C)C)[Si](C(C)C)(C(C)C)[Si](C(C)C)(C(C)C)[Si](C(C)C)(C(C)C)[Si](C(C)C)(C(C)C)[Si]([Si](C(C)C)C(C)C)[Si](C(C)C)C(C)C. The molecule has 0 atom stereocenters. The topological polar surface area (TPSA) is 0 Å². The summed E-state index contributed by atoms with van der Waals surface area (Å²) >= 11 is 0. The van der Waals surface area contributed by atoms with Crippen molar-refractivity contribution in [1.29, 1.82) is 0 Å². The van der Waals surface area contributed by atoms with Gasteiger partial charge in [-0.2, -0.15) is 0 Å². The predicted molar refractivity (Wildman–Crippen MR) is 299 cm³/mol. The van der Waals surface area contributed by atoms with E-state index in [1.807, 2.05) is 0 Å². The summed E-state index contributed by atoms with van der Waals surface area (Å²) < 4.78 is 0. The van der Waals surface area contributed by atoms with E-state index >= 15 is 0 Å². The fourth-order valence-corrected chi connectivity index (χ4v) is 344. The lowest BCUT2D eigenvalue weighted by molar-refractivity contribution is 0.856. The zero-order chi connectivity index (χ0) is 46.7. The van der Waals surface area contributed by atoms with Crippen molar-refractivity contribution < 1.29 is 0 Å². The maximum Gasteiger partial charge on any atom is 0.0431 e. The first-order valence-electron chi connectivity index (χ1n) is 25.3. The van der Waals surface area contributed by atoms with Crippen molar-refractivity contribution in [1.82, 2.24) is 0 Å². The summed E-state index contributed by atoms with van der Waals surface area (Å²) in [5.41, 5.74) is 14.1. The van der Waals surface area contributed by atoms with Crippen LogP contribution in [0.2, 0.25) is 88.7 Å². The van der Waals surface area contributed by atoms with Crippen LogP contribution in [-0.4, -0.2) is 76.4 Å². The molecule has 0 bridgehead atoms. The van der Waals surface area contributed by atoms with E-state index in [2.05, 4.69) is 222 Å². The molecule has 0 aromatic rings. The fourth-order valence-electron chi connectivity index (χ4n) is 16.9. The van der Waals surface area contributed by atoms with Crippen molar-refractivity contribution in [3.8, 4) is 0 Å². The average Bonchev–Trinajstić information content (AvgIpc) is 2.99. The van der Waals surface area contributed by atoms with Crippen molar-refractivity contribution in [2.45, 2.75) is 310 Å². The van der Waals surface area contributed by atoms with E-state index in [4.69, 9.17) is 0 Å². The molecule has 0 saturated heterocycles. The molecule has 0 aromatic heterocycles. The highest BCUT2D eigenvalue weighted by Gasteiger charge is 2.82. The van der Waals surface area contributed by atoms with Crippen LogP contribution in [0.25, 0.3) is 0 Å². The Morgan fingerprint density at radius 3 is 0.379 bits per heavy atom. The summed E-state index contributed by atoms with van der Waals surface area (Å²) in [6.07, 6.45) is 0. The Morgan fingerprint density at radius 2 is 0.310 bits per heavy atom. The van der Waals surface area contributed by atoms with Crippen molar-refractivity contribution >= 4 is 76.4 Å². The van der Waals surface area contributed by atoms with Gasteiger partial charge in [-0.3, -0.25) is 0 Å². The fraction of sp³-hybridized carbons (Fsp3) is 1.00. The Bertz CT molecular complexity index is 973. The highest BCUT2D eigenvalue weighted by Crippen LogP contribution is 2.67. The molecule has 344 valence electrons. The lowest BCUT2D eigenvalue weighted by atomic mass is 10.5. The van der Waals surface area contributed by atoms with E-state index in [-0.39, 0.29) is 0 Å². The van der Waals surface area contributed by atoms with E-state index < -0.39 is 76.4 Å². The molecule has 0 aliphatic carbocycles. The lowest BCUT2D eigenvalue weighted by Gasteiger charge is -2.78. The van der Waals surface area contributed by atoms with Gasteiger partial charge in [0.25, 0.3) is 0 Å². The summed E-state index contributed by atoms with van der Waals surface area (Å²) in [4.78, 5) is 0. The molecule has 0 aliphatic heterocycles. The molecule has 0 nitrogen and oxygen atoms in total. The predicted octanol–water partition coefficient (Wildman–Crippen LogP) is 18.0. The maximum atomic E-state index is 2.98. The second-order valence-corrected chi connectivity index (χ2v) is 106. The Labute approximate surface area is 383 Å². The molecule has 0 spiro atoms. The van der Waals surface area contributed by atoms with Crippen LogP contribution in [0.3, 0.4) is 0 Å². The van der Waals surface area contributed by atoms with Crippen LogP contribution >= 0.6 is 0 Å². The van der Waals surface area contributed by atoms with Crippen LogP contribution in [0.15, 0.2) is 0 Å². The minimum atomic E-state index is -2.19. The molecule has 10 heteroatoms. The third kappa shape index (κ3) is 10.1. The van der Waals surface area contributed by atoms with Crippen LogP contribution in [-0.2, 0) is 0 Å². The molecule has 0 aromatic carbocycles. The quantitative estimate of drug-likeness (QED) is 0.0800. The van der Waals surface area contributed by atoms with E-state index in [0.717, 1.165) is 88.7 Å². The Kier molecular flexibility index (Phi) is 24.4. The zero-order valence-corrected chi connectivity index (χ0v) is 56.2. The smallest absolute Gasteiger partial charge is 0.0431 e. The molecule has 0 N–H and O–H groups in total. The molecule has 0 amide bonds. The summed E-state index contributed by atoms with van der Waals surface area (Å²) in [5.74, 6) is 0. The molecule has 6 radical (unpaired) electrons. The third-order valence-corrected chi connectivity index (χ3v) is 193. The highest BCUT2D eigenvalue weighted by molar-refractivity contribution is 8.07. The maximum absolute atomic E-state index is 2.98. The second-order valence-electron chi connectivity index (χ2n) is 24.5. The minimum Gasteiger partial charge on any atom is -0.0656 e. The highest BCUT2D eigenvalue weighted by atomic mass is 30.2. The number of hydrogen-bond donors (Lipinski definition) is 0. The van der Waals surface area contributed by atoms with Gasteiger partial charge in [-0.15, -0.1) is 0 Å². The van der Waals surface area contributed by atoms with E-state index in [0.29, 0.717) is 0 Å². The normalized spacial score (nSPS) is 15.2. The Hall–Kier alpha value is 2.17. The summed E-state index contributed by atoms with van der Waals surface area (Å²) in [7, 11) is -12.3. The van der Waals surface area contributed by atoms with Gasteiger partial charge < -0.3 is 0 Å². The van der Waals surface area contributed by atoms with Gasteiger partial charge in [-0.05, 0) is 0 Å². The molecule has 0 fully saturated rings. The van der Waals surface area contributed by atoms with E-state index in [1.54, 1.807) is 0 Å². The molecular formula is C48H112Si10. The minimum absolute atomic E-state index is 0.597. The number of rotatable bonds is 25. The number of hydrogen-bond acceptors (Lipinski definition) is 0. The molecule has 0 unspecified atom stereocenters. The first-order chi connectivity index (χ1) is 26.1. The van der Waals surface area contributed by atoms with Crippen molar-refractivity contribution in [3.05, 3.63) is 0 Å². The molecule has 0 aliphatic rings. The van der Waals surface area contributed by atoms with E-state index in [9.17, 15) is 0 Å². The van der Waals surface area contributed by atoms with Gasteiger partial charge >= 0.3 is 0 Å². The standard InChI is InChI=1S/C48H112Si10/c1-33(2)49(34(3)4)53(50(35(5)6)36(7)8)55(41(17)18,42(19)20)57(45(25)26,46(27)28)58(47(29)30,48(31)32)56(43(21)22,44(23)24)54(51(37(9)10)38(11)12)52(39(13)14)40(15)16/h33-48H,1-32H3. The first kappa shape index (κ1) is 60.2. The van der Waals surface area contributed by atoms with Gasteiger partial charge in [0.05, 0.1) is 0 Å². The van der Waals surface area contributed by atoms with Crippen molar-refractivity contribution in [2.75, 3.05) is 0 Å². The third-order valence-electron chi connectivity index (χ3n) is 16.3. The van der Waals surface area contributed by atoms with Gasteiger partial charge in [0.15, 0.2) is 0 Å². The monoisotopic (exact) mass is 969 g/mol.